The lowest BCUT2D eigenvalue weighted by atomic mass is 10.1. The van der Waals surface area contributed by atoms with Gasteiger partial charge in [0.05, 0.1) is 19.7 Å². The second kappa shape index (κ2) is 9.07. The van der Waals surface area contributed by atoms with Crippen molar-refractivity contribution in [2.45, 2.75) is 26.3 Å². The number of methoxy groups -OCH3 is 1. The number of carbonyl (C=O) groups excluding carboxylic acids is 2. The Morgan fingerprint density at radius 3 is 1.95 bits per heavy atom. The molecule has 0 aromatic rings. The lowest BCUT2D eigenvalue weighted by Crippen LogP contribution is -2.53. The fourth-order valence-electron chi connectivity index (χ4n) is 2.32. The normalized spacial score (nSPS) is 17.3. The smallest absolute Gasteiger partial charge is 0.234 e. The van der Waals surface area contributed by atoms with Crippen LogP contribution in [0.3, 0.4) is 0 Å². The van der Waals surface area contributed by atoms with E-state index in [2.05, 4.69) is 20.4 Å². The monoisotopic (exact) mass is 314 g/mol. The number of ether oxygens (including phenoxy) is 1. The molecule has 0 radical (unpaired) electrons. The first-order chi connectivity index (χ1) is 10.3. The molecule has 1 fully saturated rings. The van der Waals surface area contributed by atoms with E-state index in [0.717, 1.165) is 26.2 Å². The number of amides is 2. The number of carbonyl (C=O) groups is 2. The number of piperazine rings is 1. The fourth-order valence-corrected chi connectivity index (χ4v) is 2.32. The van der Waals surface area contributed by atoms with Crippen LogP contribution in [0.4, 0.5) is 0 Å². The van der Waals surface area contributed by atoms with E-state index in [9.17, 15) is 9.59 Å². The summed E-state index contributed by atoms with van der Waals surface area (Å²) in [7, 11) is 1.61. The molecule has 128 valence electrons. The van der Waals surface area contributed by atoms with Crippen LogP contribution in [-0.2, 0) is 14.3 Å². The van der Waals surface area contributed by atoms with Crippen LogP contribution >= 0.6 is 0 Å². The quantitative estimate of drug-likeness (QED) is 0.607. The zero-order chi connectivity index (χ0) is 16.6. The largest absolute Gasteiger partial charge is 0.383 e. The van der Waals surface area contributed by atoms with Crippen molar-refractivity contribution in [3.8, 4) is 0 Å². The van der Waals surface area contributed by atoms with Crippen LogP contribution in [0.2, 0.25) is 0 Å². The molecule has 0 aromatic carbocycles. The minimum atomic E-state index is -0.195. The Hall–Kier alpha value is -1.18. The van der Waals surface area contributed by atoms with Gasteiger partial charge in [0.1, 0.15) is 0 Å². The van der Waals surface area contributed by atoms with Crippen molar-refractivity contribution in [2.75, 3.05) is 59.5 Å². The summed E-state index contributed by atoms with van der Waals surface area (Å²) in [5.41, 5.74) is -0.195. The van der Waals surface area contributed by atoms with E-state index in [-0.39, 0.29) is 17.4 Å². The fraction of sp³-hybridized carbons (Fsp3) is 0.867. The summed E-state index contributed by atoms with van der Waals surface area (Å²) in [4.78, 5) is 27.8. The van der Waals surface area contributed by atoms with Crippen LogP contribution in [0.5, 0.6) is 0 Å². The van der Waals surface area contributed by atoms with Crippen molar-refractivity contribution >= 4 is 11.8 Å². The van der Waals surface area contributed by atoms with E-state index >= 15 is 0 Å². The third kappa shape index (κ3) is 8.31. The number of rotatable bonds is 7. The molecule has 0 spiro atoms. The molecule has 22 heavy (non-hydrogen) atoms. The Balaban J connectivity index is 2.20. The molecule has 2 N–H and O–H groups in total. The minimum Gasteiger partial charge on any atom is -0.383 e. The van der Waals surface area contributed by atoms with Crippen LogP contribution in [0.15, 0.2) is 0 Å². The van der Waals surface area contributed by atoms with Gasteiger partial charge in [0.2, 0.25) is 11.8 Å². The lowest BCUT2D eigenvalue weighted by molar-refractivity contribution is -0.125. The van der Waals surface area contributed by atoms with Gasteiger partial charge >= 0.3 is 0 Å². The number of hydrogen-bond donors (Lipinski definition) is 2. The summed E-state index contributed by atoms with van der Waals surface area (Å²) in [6.07, 6.45) is 0. The first kappa shape index (κ1) is 18.9. The maximum Gasteiger partial charge on any atom is 0.234 e. The van der Waals surface area contributed by atoms with Gasteiger partial charge in [-0.1, -0.05) is 0 Å². The molecule has 0 saturated carbocycles. The molecule has 0 atom stereocenters. The molecule has 1 saturated heterocycles. The van der Waals surface area contributed by atoms with Crippen LogP contribution in [0.1, 0.15) is 20.8 Å². The van der Waals surface area contributed by atoms with Gasteiger partial charge in [0.15, 0.2) is 0 Å². The van der Waals surface area contributed by atoms with Gasteiger partial charge < -0.3 is 15.4 Å². The molecular weight excluding hydrogens is 284 g/mol. The highest BCUT2D eigenvalue weighted by Crippen LogP contribution is 2.03. The molecule has 7 nitrogen and oxygen atoms in total. The van der Waals surface area contributed by atoms with E-state index in [1.54, 1.807) is 7.11 Å². The molecule has 2 amide bonds. The summed E-state index contributed by atoms with van der Waals surface area (Å²) in [5.74, 6) is 0.0780. The second-order valence-corrected chi connectivity index (χ2v) is 6.69. The molecule has 0 unspecified atom stereocenters. The van der Waals surface area contributed by atoms with E-state index in [4.69, 9.17) is 4.74 Å². The summed E-state index contributed by atoms with van der Waals surface area (Å²) >= 11 is 0. The van der Waals surface area contributed by atoms with Crippen molar-refractivity contribution in [3.63, 3.8) is 0 Å². The molecule has 0 aromatic heterocycles. The average Bonchev–Trinajstić information content (AvgIpc) is 2.39. The highest BCUT2D eigenvalue weighted by molar-refractivity contribution is 5.79. The highest BCUT2D eigenvalue weighted by Gasteiger charge is 2.22. The zero-order valence-corrected chi connectivity index (χ0v) is 14.3. The second-order valence-electron chi connectivity index (χ2n) is 6.69. The van der Waals surface area contributed by atoms with Crippen molar-refractivity contribution in [3.05, 3.63) is 0 Å². The molecule has 0 aliphatic carbocycles. The average molecular weight is 314 g/mol. The Bertz CT molecular complexity index is 360. The van der Waals surface area contributed by atoms with E-state index in [1.165, 1.54) is 0 Å². The van der Waals surface area contributed by atoms with Crippen LogP contribution in [0, 0.1) is 0 Å². The predicted molar refractivity (Wildman–Crippen MR) is 85.7 cm³/mol. The van der Waals surface area contributed by atoms with E-state index in [0.29, 0.717) is 26.2 Å². The first-order valence-corrected chi connectivity index (χ1v) is 7.81. The summed E-state index contributed by atoms with van der Waals surface area (Å²) in [6, 6.07) is 0. The molecule has 1 aliphatic rings. The minimum absolute atomic E-state index is 0.0241. The van der Waals surface area contributed by atoms with Gasteiger partial charge in [0, 0.05) is 45.4 Å². The van der Waals surface area contributed by atoms with Gasteiger partial charge in [0.25, 0.3) is 0 Å². The molecule has 1 heterocycles. The topological polar surface area (TPSA) is 73.9 Å². The number of nitrogens with one attached hydrogen (secondary N) is 2. The zero-order valence-electron chi connectivity index (χ0n) is 14.3. The first-order valence-electron chi connectivity index (χ1n) is 7.81. The molecule has 0 bridgehead atoms. The van der Waals surface area contributed by atoms with Gasteiger partial charge in [-0.15, -0.1) is 0 Å². The Morgan fingerprint density at radius 1 is 1.00 bits per heavy atom. The summed E-state index contributed by atoms with van der Waals surface area (Å²) < 4.78 is 4.89. The summed E-state index contributed by atoms with van der Waals surface area (Å²) in [5, 5.41) is 5.79. The molecule has 1 aliphatic heterocycles. The Kier molecular flexibility index (Phi) is 7.78. The van der Waals surface area contributed by atoms with Crippen LogP contribution < -0.4 is 10.6 Å². The Labute approximate surface area is 133 Å². The van der Waals surface area contributed by atoms with Gasteiger partial charge in [-0.2, -0.15) is 0 Å². The Morgan fingerprint density at radius 2 is 1.50 bits per heavy atom. The van der Waals surface area contributed by atoms with Gasteiger partial charge in [-0.05, 0) is 20.8 Å². The van der Waals surface area contributed by atoms with E-state index < -0.39 is 0 Å². The third-order valence-corrected chi connectivity index (χ3v) is 3.34. The van der Waals surface area contributed by atoms with Gasteiger partial charge in [-0.3, -0.25) is 19.4 Å². The van der Waals surface area contributed by atoms with Crippen molar-refractivity contribution in [2.24, 2.45) is 0 Å². The standard InChI is InChI=1S/C15H30N4O3/c1-15(2,3)17-14(21)12-19-8-6-18(7-9-19)11-13(20)16-5-10-22-4/h5-12H2,1-4H3,(H,16,20)(H,17,21). The lowest BCUT2D eigenvalue weighted by Gasteiger charge is -2.34. The molecule has 7 heteroatoms. The van der Waals surface area contributed by atoms with Crippen molar-refractivity contribution < 1.29 is 14.3 Å². The highest BCUT2D eigenvalue weighted by atomic mass is 16.5. The molecule has 1 rings (SSSR count). The van der Waals surface area contributed by atoms with Crippen LogP contribution in [-0.4, -0.2) is 86.7 Å². The SMILES string of the molecule is COCCNC(=O)CN1CCN(CC(=O)NC(C)(C)C)CC1. The van der Waals surface area contributed by atoms with E-state index in [1.807, 2.05) is 20.8 Å². The van der Waals surface area contributed by atoms with Gasteiger partial charge in [-0.25, -0.2) is 0 Å². The van der Waals surface area contributed by atoms with Crippen molar-refractivity contribution in [1.82, 2.24) is 20.4 Å². The maximum absolute atomic E-state index is 11.9. The third-order valence-electron chi connectivity index (χ3n) is 3.34. The number of hydrogen-bond acceptors (Lipinski definition) is 5. The van der Waals surface area contributed by atoms with Crippen LogP contribution in [0.25, 0.3) is 0 Å². The van der Waals surface area contributed by atoms with Crippen molar-refractivity contribution in [1.29, 1.82) is 0 Å². The summed E-state index contributed by atoms with van der Waals surface area (Å²) in [6.45, 7) is 11.1. The molecular formula is C15H30N4O3. The number of nitrogens with zero attached hydrogens (tertiary/aromatic N) is 2. The predicted octanol–water partition coefficient (Wildman–Crippen LogP) is -0.719. The maximum atomic E-state index is 11.9.